The molecule has 0 radical (unpaired) electrons. The molecular formula is C19H31N3O3S. The second kappa shape index (κ2) is 10.0. The average Bonchev–Trinajstić information content (AvgIpc) is 2.63. The Balaban J connectivity index is 1.72. The standard InChI is InChI=1S/C19H31N3O3S/c1-3-21-26(24,25)18-11-9-17(10-12-18)19(23)20-13-5-7-15-22-14-6-4-8-16(22)2/h9-12,16,21H,3-8,13-15H2,1-2H3,(H,20,23). The number of nitrogens with one attached hydrogen (secondary N) is 2. The summed E-state index contributed by atoms with van der Waals surface area (Å²) in [5.41, 5.74) is 0.477. The van der Waals surface area contributed by atoms with Gasteiger partial charge in [-0.15, -0.1) is 0 Å². The zero-order valence-electron chi connectivity index (χ0n) is 15.8. The normalized spacial score (nSPS) is 18.6. The van der Waals surface area contributed by atoms with Crippen molar-refractivity contribution in [2.24, 2.45) is 0 Å². The first kappa shape index (κ1) is 20.9. The van der Waals surface area contributed by atoms with Crippen LogP contribution in [0.3, 0.4) is 0 Å². The maximum atomic E-state index is 12.2. The van der Waals surface area contributed by atoms with Gasteiger partial charge in [-0.2, -0.15) is 0 Å². The molecule has 1 fully saturated rings. The Labute approximate surface area is 157 Å². The van der Waals surface area contributed by atoms with Crippen molar-refractivity contribution in [3.05, 3.63) is 29.8 Å². The second-order valence-corrected chi connectivity index (χ2v) is 8.64. The van der Waals surface area contributed by atoms with Crippen LogP contribution in [0.25, 0.3) is 0 Å². The number of amides is 1. The maximum absolute atomic E-state index is 12.2. The number of likely N-dealkylation sites (tertiary alicyclic amines) is 1. The summed E-state index contributed by atoms with van der Waals surface area (Å²) in [6, 6.07) is 6.70. The number of carbonyl (C=O) groups is 1. The van der Waals surface area contributed by atoms with E-state index >= 15 is 0 Å². The van der Waals surface area contributed by atoms with Gasteiger partial charge >= 0.3 is 0 Å². The second-order valence-electron chi connectivity index (χ2n) is 6.87. The molecule has 1 amide bonds. The molecule has 0 aromatic heterocycles. The van der Waals surface area contributed by atoms with Crippen molar-refractivity contribution in [2.75, 3.05) is 26.2 Å². The van der Waals surface area contributed by atoms with Crippen LogP contribution in [0, 0.1) is 0 Å². The SMILES string of the molecule is CCNS(=O)(=O)c1ccc(C(=O)NCCCCN2CCCCC2C)cc1. The number of benzene rings is 1. The molecule has 6 nitrogen and oxygen atoms in total. The van der Waals surface area contributed by atoms with Crippen molar-refractivity contribution in [1.82, 2.24) is 14.9 Å². The van der Waals surface area contributed by atoms with Crippen LogP contribution in [0.4, 0.5) is 0 Å². The van der Waals surface area contributed by atoms with Gasteiger partial charge in [0.2, 0.25) is 10.0 Å². The van der Waals surface area contributed by atoms with E-state index in [0.717, 1.165) is 19.4 Å². The van der Waals surface area contributed by atoms with Crippen LogP contribution in [0.15, 0.2) is 29.2 Å². The summed E-state index contributed by atoms with van der Waals surface area (Å²) in [7, 11) is -3.48. The highest BCUT2D eigenvalue weighted by Crippen LogP contribution is 2.16. The van der Waals surface area contributed by atoms with E-state index in [4.69, 9.17) is 0 Å². The molecule has 1 heterocycles. The molecule has 0 bridgehead atoms. The van der Waals surface area contributed by atoms with Gasteiger partial charge in [0.1, 0.15) is 0 Å². The molecule has 1 atom stereocenters. The lowest BCUT2D eigenvalue weighted by Crippen LogP contribution is -2.38. The minimum atomic E-state index is -3.48. The number of carbonyl (C=O) groups excluding carboxylic acids is 1. The zero-order valence-corrected chi connectivity index (χ0v) is 16.6. The predicted octanol–water partition coefficient (Wildman–Crippen LogP) is 2.37. The van der Waals surface area contributed by atoms with Crippen molar-refractivity contribution in [2.45, 2.75) is 56.9 Å². The molecular weight excluding hydrogens is 350 g/mol. The van der Waals surface area contributed by atoms with Gasteiger partial charge in [0.05, 0.1) is 4.90 Å². The molecule has 1 aliphatic heterocycles. The van der Waals surface area contributed by atoms with Crippen LogP contribution in [0.5, 0.6) is 0 Å². The molecule has 0 aliphatic carbocycles. The van der Waals surface area contributed by atoms with Gasteiger partial charge in [-0.25, -0.2) is 13.1 Å². The van der Waals surface area contributed by atoms with Crippen LogP contribution in [0.2, 0.25) is 0 Å². The molecule has 0 saturated carbocycles. The highest BCUT2D eigenvalue weighted by molar-refractivity contribution is 7.89. The summed E-state index contributed by atoms with van der Waals surface area (Å²) in [6.45, 7) is 7.27. The third-order valence-corrected chi connectivity index (χ3v) is 6.42. The zero-order chi connectivity index (χ0) is 19.0. The van der Waals surface area contributed by atoms with E-state index in [0.29, 0.717) is 24.7 Å². The van der Waals surface area contributed by atoms with Gasteiger partial charge in [0.25, 0.3) is 5.91 Å². The molecule has 2 N–H and O–H groups in total. The minimum Gasteiger partial charge on any atom is -0.352 e. The van der Waals surface area contributed by atoms with Gasteiger partial charge in [0, 0.05) is 24.7 Å². The van der Waals surface area contributed by atoms with Gasteiger partial charge in [-0.3, -0.25) is 4.79 Å². The van der Waals surface area contributed by atoms with Crippen molar-refractivity contribution in [3.8, 4) is 0 Å². The van der Waals surface area contributed by atoms with Crippen LogP contribution in [-0.2, 0) is 10.0 Å². The van der Waals surface area contributed by atoms with Crippen molar-refractivity contribution < 1.29 is 13.2 Å². The van der Waals surface area contributed by atoms with Gasteiger partial charge < -0.3 is 10.2 Å². The van der Waals surface area contributed by atoms with E-state index in [1.54, 1.807) is 19.1 Å². The lowest BCUT2D eigenvalue weighted by Gasteiger charge is -2.33. The van der Waals surface area contributed by atoms with Gasteiger partial charge in [-0.1, -0.05) is 13.3 Å². The molecule has 1 saturated heterocycles. The highest BCUT2D eigenvalue weighted by Gasteiger charge is 2.17. The van der Waals surface area contributed by atoms with Crippen molar-refractivity contribution in [1.29, 1.82) is 0 Å². The fraction of sp³-hybridized carbons (Fsp3) is 0.632. The number of hydrogen-bond donors (Lipinski definition) is 2. The smallest absolute Gasteiger partial charge is 0.251 e. The summed E-state index contributed by atoms with van der Waals surface area (Å²) >= 11 is 0. The number of hydrogen-bond acceptors (Lipinski definition) is 4. The lowest BCUT2D eigenvalue weighted by atomic mass is 10.0. The van der Waals surface area contributed by atoms with E-state index in [9.17, 15) is 13.2 Å². The predicted molar refractivity (Wildman–Crippen MR) is 104 cm³/mol. The number of nitrogens with zero attached hydrogens (tertiary/aromatic N) is 1. The topological polar surface area (TPSA) is 78.5 Å². The summed E-state index contributed by atoms with van der Waals surface area (Å²) in [5, 5.41) is 2.91. The maximum Gasteiger partial charge on any atom is 0.251 e. The lowest BCUT2D eigenvalue weighted by molar-refractivity contribution is 0.0951. The number of piperidine rings is 1. The Hall–Kier alpha value is -1.44. The first-order valence-corrected chi connectivity index (χ1v) is 11.0. The first-order chi connectivity index (χ1) is 12.4. The van der Waals surface area contributed by atoms with Crippen LogP contribution < -0.4 is 10.0 Å². The Morgan fingerprint density at radius 1 is 1.19 bits per heavy atom. The molecule has 1 unspecified atom stereocenters. The van der Waals surface area contributed by atoms with E-state index < -0.39 is 10.0 Å². The molecule has 1 aromatic rings. The van der Waals surface area contributed by atoms with Crippen LogP contribution >= 0.6 is 0 Å². The molecule has 7 heteroatoms. The highest BCUT2D eigenvalue weighted by atomic mass is 32.2. The molecule has 2 rings (SSSR count). The number of unbranched alkanes of at least 4 members (excludes halogenated alkanes) is 1. The fourth-order valence-electron chi connectivity index (χ4n) is 3.29. The molecule has 1 aliphatic rings. The van der Waals surface area contributed by atoms with E-state index in [2.05, 4.69) is 21.9 Å². The van der Waals surface area contributed by atoms with Crippen molar-refractivity contribution >= 4 is 15.9 Å². The van der Waals surface area contributed by atoms with E-state index in [-0.39, 0.29) is 10.8 Å². The monoisotopic (exact) mass is 381 g/mol. The Morgan fingerprint density at radius 2 is 1.92 bits per heavy atom. The number of sulfonamides is 1. The Morgan fingerprint density at radius 3 is 2.58 bits per heavy atom. The average molecular weight is 382 g/mol. The summed E-state index contributed by atoms with van der Waals surface area (Å²) in [5.74, 6) is -0.163. The molecule has 0 spiro atoms. The fourth-order valence-corrected chi connectivity index (χ4v) is 4.33. The summed E-state index contributed by atoms with van der Waals surface area (Å²) in [6.07, 6.45) is 5.94. The minimum absolute atomic E-state index is 0.163. The summed E-state index contributed by atoms with van der Waals surface area (Å²) in [4.78, 5) is 14.9. The molecule has 26 heavy (non-hydrogen) atoms. The first-order valence-electron chi connectivity index (χ1n) is 9.56. The quantitative estimate of drug-likeness (QED) is 0.644. The third kappa shape index (κ3) is 6.07. The Bertz CT molecular complexity index is 674. The van der Waals surface area contributed by atoms with Crippen LogP contribution in [0.1, 0.15) is 56.3 Å². The largest absolute Gasteiger partial charge is 0.352 e. The third-order valence-electron chi connectivity index (χ3n) is 4.86. The van der Waals surface area contributed by atoms with Crippen LogP contribution in [-0.4, -0.2) is 51.4 Å². The molecule has 1 aromatic carbocycles. The van der Waals surface area contributed by atoms with E-state index in [1.807, 2.05) is 0 Å². The van der Waals surface area contributed by atoms with E-state index in [1.165, 1.54) is 37.9 Å². The van der Waals surface area contributed by atoms with Crippen molar-refractivity contribution in [3.63, 3.8) is 0 Å². The molecule has 146 valence electrons. The Kier molecular flexibility index (Phi) is 8.06. The summed E-state index contributed by atoms with van der Waals surface area (Å²) < 4.78 is 26.2. The van der Waals surface area contributed by atoms with Gasteiger partial charge in [-0.05, 0) is 70.0 Å². The van der Waals surface area contributed by atoms with Gasteiger partial charge in [0.15, 0.2) is 0 Å². The number of rotatable bonds is 9.